The summed E-state index contributed by atoms with van der Waals surface area (Å²) in [5, 5.41) is 3.17. The second kappa shape index (κ2) is 5.11. The van der Waals surface area contributed by atoms with Gasteiger partial charge in [0.1, 0.15) is 0 Å². The topological polar surface area (TPSA) is 24.9 Å². The van der Waals surface area contributed by atoms with Gasteiger partial charge >= 0.3 is 6.18 Å². The second-order valence-electron chi connectivity index (χ2n) is 6.02. The summed E-state index contributed by atoms with van der Waals surface area (Å²) < 4.78 is 40.1. The molecule has 23 heavy (non-hydrogen) atoms. The van der Waals surface area contributed by atoms with Gasteiger partial charge in [-0.05, 0) is 41.7 Å². The molecule has 1 N–H and O–H groups in total. The number of pyridine rings is 1. The number of anilines is 1. The molecule has 1 aromatic carbocycles. The van der Waals surface area contributed by atoms with Gasteiger partial charge in [-0.2, -0.15) is 13.2 Å². The van der Waals surface area contributed by atoms with Gasteiger partial charge in [0.05, 0.1) is 17.3 Å². The molecule has 1 aliphatic carbocycles. The van der Waals surface area contributed by atoms with Gasteiger partial charge in [0.25, 0.3) is 0 Å². The number of halogens is 3. The van der Waals surface area contributed by atoms with E-state index in [9.17, 15) is 13.2 Å². The summed E-state index contributed by atoms with van der Waals surface area (Å²) in [5.74, 6) is 0.250. The van der Waals surface area contributed by atoms with E-state index in [0.29, 0.717) is 0 Å². The minimum Gasteiger partial charge on any atom is -0.377 e. The monoisotopic (exact) mass is 316 g/mol. The molecular weight excluding hydrogens is 301 g/mol. The Kier molecular flexibility index (Phi) is 3.18. The normalized spacial score (nSPS) is 25.6. The Morgan fingerprint density at radius 2 is 1.87 bits per heavy atom. The molecule has 5 heteroatoms. The maximum absolute atomic E-state index is 13.4. The van der Waals surface area contributed by atoms with E-state index < -0.39 is 11.7 Å². The number of fused-ring (bicyclic) bond motifs is 3. The molecule has 118 valence electrons. The molecule has 0 unspecified atom stereocenters. The molecule has 0 spiro atoms. The number of allylic oxidation sites excluding steroid dienone is 2. The third-order valence-corrected chi connectivity index (χ3v) is 4.77. The Hall–Kier alpha value is -2.30. The Balaban J connectivity index is 1.86. The van der Waals surface area contributed by atoms with Crippen molar-refractivity contribution in [1.82, 2.24) is 4.98 Å². The molecule has 2 nitrogen and oxygen atoms in total. The number of rotatable bonds is 1. The number of benzene rings is 1. The third-order valence-electron chi connectivity index (χ3n) is 4.77. The van der Waals surface area contributed by atoms with E-state index in [2.05, 4.69) is 16.4 Å². The van der Waals surface area contributed by atoms with Crippen LogP contribution in [0.2, 0.25) is 0 Å². The van der Waals surface area contributed by atoms with Crippen molar-refractivity contribution < 1.29 is 13.2 Å². The Morgan fingerprint density at radius 3 is 2.61 bits per heavy atom. The van der Waals surface area contributed by atoms with Crippen LogP contribution in [0.15, 0.2) is 54.9 Å². The highest BCUT2D eigenvalue weighted by Crippen LogP contribution is 2.52. The SMILES string of the molecule is FC(F)(F)c1cccc2c1N[C@H](c1ccncc1)[C@H]1CC=C[C@@H]21. The van der Waals surface area contributed by atoms with E-state index >= 15 is 0 Å². The van der Waals surface area contributed by atoms with Gasteiger partial charge in [0.2, 0.25) is 0 Å². The first-order chi connectivity index (χ1) is 11.1. The lowest BCUT2D eigenvalue weighted by molar-refractivity contribution is -0.137. The molecule has 1 aromatic heterocycles. The Bertz CT molecular complexity index is 753. The maximum atomic E-state index is 13.4. The predicted molar refractivity (Wildman–Crippen MR) is 82.0 cm³/mol. The summed E-state index contributed by atoms with van der Waals surface area (Å²) in [7, 11) is 0. The van der Waals surface area contributed by atoms with Crippen molar-refractivity contribution in [3.05, 3.63) is 71.6 Å². The van der Waals surface area contributed by atoms with Crippen LogP contribution in [0.1, 0.15) is 35.1 Å². The number of para-hydroxylation sites is 1. The molecule has 2 heterocycles. The van der Waals surface area contributed by atoms with Gasteiger partial charge in [-0.3, -0.25) is 4.98 Å². The van der Waals surface area contributed by atoms with Crippen LogP contribution in [0.25, 0.3) is 0 Å². The van der Waals surface area contributed by atoms with Gasteiger partial charge < -0.3 is 5.32 Å². The standard InChI is InChI=1S/C18H15F3N2/c19-18(20,21)15-6-2-5-14-12-3-1-4-13(12)16(23-17(14)15)11-7-9-22-10-8-11/h1-3,5-10,12-13,16,23H,4H2/t12-,13+,16-/m1/s1. The van der Waals surface area contributed by atoms with Crippen LogP contribution in [-0.4, -0.2) is 4.98 Å². The Morgan fingerprint density at radius 1 is 1.09 bits per heavy atom. The molecule has 2 aromatic rings. The third kappa shape index (κ3) is 2.31. The molecule has 0 bridgehead atoms. The van der Waals surface area contributed by atoms with E-state index in [1.165, 1.54) is 6.07 Å². The quantitative estimate of drug-likeness (QED) is 0.755. The van der Waals surface area contributed by atoms with Crippen LogP contribution in [0, 0.1) is 5.92 Å². The van der Waals surface area contributed by atoms with Crippen molar-refractivity contribution >= 4 is 5.69 Å². The number of aromatic nitrogens is 1. The molecule has 2 aliphatic rings. The summed E-state index contributed by atoms with van der Waals surface area (Å²) in [4.78, 5) is 4.00. The minimum atomic E-state index is -4.36. The van der Waals surface area contributed by atoms with Crippen molar-refractivity contribution in [2.75, 3.05) is 5.32 Å². The van der Waals surface area contributed by atoms with Crippen molar-refractivity contribution in [3.63, 3.8) is 0 Å². The number of hydrogen-bond acceptors (Lipinski definition) is 2. The zero-order valence-electron chi connectivity index (χ0n) is 12.2. The number of alkyl halides is 3. The van der Waals surface area contributed by atoms with Gasteiger partial charge in [-0.15, -0.1) is 0 Å². The van der Waals surface area contributed by atoms with Crippen LogP contribution in [0.5, 0.6) is 0 Å². The first-order valence-electron chi connectivity index (χ1n) is 7.59. The molecule has 1 aliphatic heterocycles. The van der Waals surface area contributed by atoms with E-state index in [-0.39, 0.29) is 23.6 Å². The summed E-state index contributed by atoms with van der Waals surface area (Å²) in [6, 6.07) is 8.04. The molecular formula is C18H15F3N2. The average Bonchev–Trinajstić information content (AvgIpc) is 3.03. The second-order valence-corrected chi connectivity index (χ2v) is 6.02. The number of hydrogen-bond donors (Lipinski definition) is 1. The van der Waals surface area contributed by atoms with Crippen LogP contribution in [0.4, 0.5) is 18.9 Å². The molecule has 0 saturated heterocycles. The summed E-state index contributed by atoms with van der Waals surface area (Å²) >= 11 is 0. The highest BCUT2D eigenvalue weighted by molar-refractivity contribution is 5.65. The lowest BCUT2D eigenvalue weighted by Crippen LogP contribution is -2.30. The molecule has 0 fully saturated rings. The fourth-order valence-corrected chi connectivity index (χ4v) is 3.76. The van der Waals surface area contributed by atoms with Crippen molar-refractivity contribution in [3.8, 4) is 0 Å². The van der Waals surface area contributed by atoms with Gasteiger partial charge in [-0.25, -0.2) is 0 Å². The first kappa shape index (κ1) is 14.3. The number of nitrogens with one attached hydrogen (secondary N) is 1. The summed E-state index contributed by atoms with van der Waals surface area (Å²) in [5.41, 5.74) is 1.34. The minimum absolute atomic E-state index is 0.0201. The fraction of sp³-hybridized carbons (Fsp3) is 0.278. The lowest BCUT2D eigenvalue weighted by atomic mass is 9.76. The maximum Gasteiger partial charge on any atom is 0.418 e. The van der Waals surface area contributed by atoms with Crippen LogP contribution >= 0.6 is 0 Å². The van der Waals surface area contributed by atoms with E-state index in [1.54, 1.807) is 18.5 Å². The highest BCUT2D eigenvalue weighted by Gasteiger charge is 2.42. The summed E-state index contributed by atoms with van der Waals surface area (Å²) in [6.07, 6.45) is 3.97. The van der Waals surface area contributed by atoms with E-state index in [4.69, 9.17) is 0 Å². The zero-order chi connectivity index (χ0) is 16.0. The predicted octanol–water partition coefficient (Wildman–Crippen LogP) is 4.93. The molecule has 0 amide bonds. The largest absolute Gasteiger partial charge is 0.418 e. The van der Waals surface area contributed by atoms with Gasteiger partial charge in [-0.1, -0.05) is 24.3 Å². The van der Waals surface area contributed by atoms with Gasteiger partial charge in [0, 0.05) is 18.3 Å². The van der Waals surface area contributed by atoms with Crippen molar-refractivity contribution in [1.29, 1.82) is 0 Å². The van der Waals surface area contributed by atoms with Crippen LogP contribution in [-0.2, 0) is 6.18 Å². The molecule has 3 atom stereocenters. The van der Waals surface area contributed by atoms with Crippen LogP contribution in [0.3, 0.4) is 0 Å². The van der Waals surface area contributed by atoms with Crippen LogP contribution < -0.4 is 5.32 Å². The smallest absolute Gasteiger partial charge is 0.377 e. The van der Waals surface area contributed by atoms with Gasteiger partial charge in [0.15, 0.2) is 0 Å². The zero-order valence-corrected chi connectivity index (χ0v) is 12.2. The molecule has 0 radical (unpaired) electrons. The highest BCUT2D eigenvalue weighted by atomic mass is 19.4. The lowest BCUT2D eigenvalue weighted by Gasteiger charge is -2.38. The summed E-state index contributed by atoms with van der Waals surface area (Å²) in [6.45, 7) is 0. The van der Waals surface area contributed by atoms with Crippen molar-refractivity contribution in [2.24, 2.45) is 5.92 Å². The average molecular weight is 316 g/mol. The fourth-order valence-electron chi connectivity index (χ4n) is 3.76. The first-order valence-corrected chi connectivity index (χ1v) is 7.59. The molecule has 4 rings (SSSR count). The molecule has 0 saturated carbocycles. The van der Waals surface area contributed by atoms with E-state index in [0.717, 1.165) is 23.6 Å². The Labute approximate surface area is 132 Å². The number of nitrogens with zero attached hydrogens (tertiary/aromatic N) is 1. The van der Waals surface area contributed by atoms with Crippen molar-refractivity contribution in [2.45, 2.75) is 24.6 Å². The van der Waals surface area contributed by atoms with E-state index in [1.807, 2.05) is 18.2 Å².